The van der Waals surface area contributed by atoms with E-state index in [2.05, 4.69) is 14.4 Å². The van der Waals surface area contributed by atoms with Gasteiger partial charge in [-0.25, -0.2) is 13.3 Å². The maximum absolute atomic E-state index is 14.4. The molecular formula is C19H18F4N2O3S. The Morgan fingerprint density at radius 3 is 2.48 bits per heavy atom. The zero-order valence-corrected chi connectivity index (χ0v) is 16.6. The number of fused-ring (bicyclic) bond motifs is 1. The molecule has 0 saturated carbocycles. The van der Waals surface area contributed by atoms with Crippen LogP contribution in [0.3, 0.4) is 0 Å². The SMILES string of the molecule is CC(C)(C)S(=O)N[C@]1(c2ccc(OC(F)(F)F)c(F)c2)CC(=O)c2cccnc21. The summed E-state index contributed by atoms with van der Waals surface area (Å²) < 4.78 is 70.5. The Labute approximate surface area is 167 Å². The third kappa shape index (κ3) is 4.18. The van der Waals surface area contributed by atoms with E-state index < -0.39 is 39.2 Å². The van der Waals surface area contributed by atoms with Crippen LogP contribution in [0.5, 0.6) is 5.75 Å². The summed E-state index contributed by atoms with van der Waals surface area (Å²) in [6, 6.07) is 5.98. The quantitative estimate of drug-likeness (QED) is 0.745. The van der Waals surface area contributed by atoms with Gasteiger partial charge in [0.25, 0.3) is 0 Å². The first-order valence-corrected chi connectivity index (χ1v) is 9.73. The number of rotatable bonds is 4. The maximum Gasteiger partial charge on any atom is 0.573 e. The lowest BCUT2D eigenvalue weighted by molar-refractivity contribution is -0.275. The molecule has 2 aromatic rings. The highest BCUT2D eigenvalue weighted by Gasteiger charge is 2.48. The van der Waals surface area contributed by atoms with Gasteiger partial charge in [-0.15, -0.1) is 13.2 Å². The van der Waals surface area contributed by atoms with Crippen molar-refractivity contribution in [1.82, 2.24) is 9.71 Å². The zero-order chi connectivity index (χ0) is 21.6. The summed E-state index contributed by atoms with van der Waals surface area (Å²) in [4.78, 5) is 16.8. The lowest BCUT2D eigenvalue weighted by Crippen LogP contribution is -2.48. The summed E-state index contributed by atoms with van der Waals surface area (Å²) in [5.41, 5.74) is -0.815. The normalized spacial score (nSPS) is 20.4. The third-order valence-corrected chi connectivity index (χ3v) is 6.06. The molecule has 1 N–H and O–H groups in total. The Kier molecular flexibility index (Phi) is 5.29. The molecule has 5 nitrogen and oxygen atoms in total. The minimum Gasteiger partial charge on any atom is -0.403 e. The maximum atomic E-state index is 14.4. The number of hydrogen-bond donors (Lipinski definition) is 1. The first-order chi connectivity index (χ1) is 13.3. The predicted octanol–water partition coefficient (Wildman–Crippen LogP) is 4.00. The van der Waals surface area contributed by atoms with Crippen LogP contribution in [0.15, 0.2) is 36.5 Å². The Morgan fingerprint density at radius 2 is 1.90 bits per heavy atom. The molecular weight excluding hydrogens is 412 g/mol. The minimum atomic E-state index is -5.05. The van der Waals surface area contributed by atoms with E-state index in [0.717, 1.165) is 12.1 Å². The Hall–Kier alpha value is -2.33. The highest BCUT2D eigenvalue weighted by atomic mass is 32.2. The summed E-state index contributed by atoms with van der Waals surface area (Å²) in [7, 11) is -1.69. The van der Waals surface area contributed by atoms with Crippen LogP contribution in [0.2, 0.25) is 0 Å². The average molecular weight is 430 g/mol. The van der Waals surface area contributed by atoms with Crippen LogP contribution in [0.25, 0.3) is 0 Å². The van der Waals surface area contributed by atoms with Gasteiger partial charge in [0.1, 0.15) is 5.54 Å². The second-order valence-electron chi connectivity index (χ2n) is 7.58. The first kappa shape index (κ1) is 21.4. The fraction of sp³-hybridized carbons (Fsp3) is 0.368. The number of nitrogens with zero attached hydrogens (tertiary/aromatic N) is 1. The Morgan fingerprint density at radius 1 is 1.21 bits per heavy atom. The molecule has 1 aromatic heterocycles. The van der Waals surface area contributed by atoms with Gasteiger partial charge >= 0.3 is 6.36 Å². The fourth-order valence-electron chi connectivity index (χ4n) is 3.06. The largest absolute Gasteiger partial charge is 0.573 e. The van der Waals surface area contributed by atoms with E-state index >= 15 is 0 Å². The molecule has 0 bridgehead atoms. The number of carbonyl (C=O) groups excluding carboxylic acids is 1. The van der Waals surface area contributed by atoms with Gasteiger partial charge in [0, 0.05) is 18.2 Å². The summed E-state index contributed by atoms with van der Waals surface area (Å²) in [5.74, 6) is -2.57. The number of nitrogens with one attached hydrogen (secondary N) is 1. The van der Waals surface area contributed by atoms with Gasteiger partial charge in [0.2, 0.25) is 0 Å². The number of aromatic nitrogens is 1. The van der Waals surface area contributed by atoms with Crippen molar-refractivity contribution in [3.8, 4) is 5.75 Å². The second-order valence-corrected chi connectivity index (χ2v) is 9.55. The molecule has 10 heteroatoms. The molecule has 1 unspecified atom stereocenters. The van der Waals surface area contributed by atoms with Crippen LogP contribution in [0.1, 0.15) is 48.8 Å². The van der Waals surface area contributed by atoms with Crippen molar-refractivity contribution in [2.75, 3.05) is 0 Å². The van der Waals surface area contributed by atoms with Gasteiger partial charge in [0.05, 0.1) is 21.4 Å². The number of halogens is 4. The Balaban J connectivity index is 2.15. The molecule has 0 fully saturated rings. The topological polar surface area (TPSA) is 68.3 Å². The number of carbonyl (C=O) groups is 1. The van der Waals surface area contributed by atoms with Gasteiger partial charge in [-0.05, 0) is 50.6 Å². The van der Waals surface area contributed by atoms with Gasteiger partial charge in [-0.2, -0.15) is 0 Å². The van der Waals surface area contributed by atoms with Gasteiger partial charge in [0.15, 0.2) is 17.3 Å². The van der Waals surface area contributed by atoms with E-state index in [4.69, 9.17) is 0 Å². The highest BCUT2D eigenvalue weighted by Crippen LogP contribution is 2.43. The summed E-state index contributed by atoms with van der Waals surface area (Å²) >= 11 is 0. The molecule has 156 valence electrons. The predicted molar refractivity (Wildman–Crippen MR) is 98.1 cm³/mol. The molecule has 1 aliphatic rings. The molecule has 29 heavy (non-hydrogen) atoms. The van der Waals surface area contributed by atoms with Crippen molar-refractivity contribution in [3.63, 3.8) is 0 Å². The summed E-state index contributed by atoms with van der Waals surface area (Å²) in [6.45, 7) is 5.13. The van der Waals surface area contributed by atoms with Crippen LogP contribution in [0, 0.1) is 5.82 Å². The second kappa shape index (κ2) is 7.17. The van der Waals surface area contributed by atoms with E-state index in [-0.39, 0.29) is 29.0 Å². The van der Waals surface area contributed by atoms with E-state index in [1.54, 1.807) is 32.9 Å². The number of ether oxygens (including phenoxy) is 1. The molecule has 3 rings (SSSR count). The van der Waals surface area contributed by atoms with Crippen LogP contribution >= 0.6 is 0 Å². The monoisotopic (exact) mass is 430 g/mol. The molecule has 0 amide bonds. The van der Waals surface area contributed by atoms with Crippen LogP contribution in [0.4, 0.5) is 17.6 Å². The number of alkyl halides is 3. The number of hydrogen-bond acceptors (Lipinski definition) is 4. The van der Waals surface area contributed by atoms with Crippen molar-refractivity contribution >= 4 is 16.8 Å². The van der Waals surface area contributed by atoms with Gasteiger partial charge in [-0.1, -0.05) is 6.07 Å². The minimum absolute atomic E-state index is 0.118. The third-order valence-electron chi connectivity index (χ3n) is 4.41. The van der Waals surface area contributed by atoms with Crippen molar-refractivity contribution in [1.29, 1.82) is 0 Å². The van der Waals surface area contributed by atoms with Crippen LogP contribution < -0.4 is 9.46 Å². The fourth-order valence-corrected chi connectivity index (χ4v) is 3.97. The molecule has 0 radical (unpaired) electrons. The van der Waals surface area contributed by atoms with E-state index in [1.807, 2.05) is 0 Å². The standard InChI is InChI=1S/C19H18F4N2O3S/c1-17(2,3)29(27)25-18(10-14(26)12-5-4-8-24-16(12)18)11-6-7-15(13(20)9-11)28-19(21,22)23/h4-9,25H,10H2,1-3H3/t18-,29?/m0/s1. The first-order valence-electron chi connectivity index (χ1n) is 8.58. The molecule has 0 aliphatic heterocycles. The van der Waals surface area contributed by atoms with Crippen LogP contribution in [-0.2, 0) is 16.5 Å². The van der Waals surface area contributed by atoms with E-state index in [1.165, 1.54) is 12.3 Å². The van der Waals surface area contributed by atoms with Crippen molar-refractivity contribution in [2.45, 2.75) is 43.8 Å². The van der Waals surface area contributed by atoms with Crippen molar-refractivity contribution in [3.05, 3.63) is 59.2 Å². The molecule has 1 heterocycles. The number of ketones is 1. The lowest BCUT2D eigenvalue weighted by Gasteiger charge is -2.33. The summed E-state index contributed by atoms with van der Waals surface area (Å²) in [6.07, 6.45) is -3.82. The average Bonchev–Trinajstić information content (AvgIpc) is 2.88. The van der Waals surface area contributed by atoms with Crippen LogP contribution in [-0.4, -0.2) is 26.1 Å². The van der Waals surface area contributed by atoms with E-state index in [9.17, 15) is 26.6 Å². The number of pyridine rings is 1. The van der Waals surface area contributed by atoms with Gasteiger partial charge in [-0.3, -0.25) is 9.78 Å². The van der Waals surface area contributed by atoms with Gasteiger partial charge < -0.3 is 4.74 Å². The molecule has 0 saturated heterocycles. The summed E-state index contributed by atoms with van der Waals surface area (Å²) in [5, 5.41) is 0. The molecule has 1 aromatic carbocycles. The van der Waals surface area contributed by atoms with Crippen molar-refractivity contribution in [2.24, 2.45) is 0 Å². The highest BCUT2D eigenvalue weighted by molar-refractivity contribution is 7.84. The Bertz CT molecular complexity index is 988. The van der Waals surface area contributed by atoms with Crippen molar-refractivity contribution < 1.29 is 31.3 Å². The zero-order valence-electron chi connectivity index (χ0n) is 15.8. The number of benzene rings is 1. The van der Waals surface area contributed by atoms with E-state index in [0.29, 0.717) is 0 Å². The lowest BCUT2D eigenvalue weighted by atomic mass is 9.88. The molecule has 0 spiro atoms. The molecule has 2 atom stereocenters. The molecule has 1 aliphatic carbocycles. The smallest absolute Gasteiger partial charge is 0.403 e. The number of Topliss-reactive ketones (excluding diaryl/α,β-unsaturated/α-hetero) is 1.